The molecule has 0 radical (unpaired) electrons. The summed E-state index contributed by atoms with van der Waals surface area (Å²) in [4.78, 5) is 9.47. The van der Waals surface area contributed by atoms with Crippen LogP contribution in [0.1, 0.15) is 56.9 Å². The zero-order valence-electron chi connectivity index (χ0n) is 18.1. The molecule has 0 saturated carbocycles. The number of nitrogens with one attached hydrogen (secondary N) is 1. The van der Waals surface area contributed by atoms with Gasteiger partial charge in [-0.2, -0.15) is 10.3 Å². The first kappa shape index (κ1) is 20.8. The Labute approximate surface area is 182 Å². The van der Waals surface area contributed by atoms with Crippen LogP contribution in [0.3, 0.4) is 0 Å². The number of nitrogens with zero attached hydrogens (tertiary/aromatic N) is 7. The van der Waals surface area contributed by atoms with Gasteiger partial charge in [-0.25, -0.2) is 9.67 Å². The van der Waals surface area contributed by atoms with Crippen LogP contribution in [0.15, 0.2) is 42.6 Å². The van der Waals surface area contributed by atoms with E-state index in [2.05, 4.69) is 51.6 Å². The van der Waals surface area contributed by atoms with Crippen LogP contribution in [0.25, 0.3) is 22.5 Å². The van der Waals surface area contributed by atoms with Crippen molar-refractivity contribution in [1.82, 2.24) is 40.4 Å². The number of hydrogen-bond acceptors (Lipinski definition) is 6. The number of aromatic nitrogens is 8. The van der Waals surface area contributed by atoms with Gasteiger partial charge < -0.3 is 0 Å². The van der Waals surface area contributed by atoms with Crippen molar-refractivity contribution in [2.45, 2.75) is 58.9 Å². The van der Waals surface area contributed by atoms with Crippen molar-refractivity contribution in [2.24, 2.45) is 0 Å². The molecular formula is C23H28N8. The van der Waals surface area contributed by atoms with Gasteiger partial charge in [0.1, 0.15) is 5.82 Å². The number of hydrogen-bond donors (Lipinski definition) is 1. The first-order valence-electron chi connectivity index (χ1n) is 11.0. The van der Waals surface area contributed by atoms with E-state index in [1.165, 1.54) is 0 Å². The Morgan fingerprint density at radius 2 is 1.61 bits per heavy atom. The van der Waals surface area contributed by atoms with Crippen LogP contribution < -0.4 is 0 Å². The molecule has 0 spiro atoms. The summed E-state index contributed by atoms with van der Waals surface area (Å²) in [6.45, 7) is 5.04. The largest absolute Gasteiger partial charge is 0.259 e. The van der Waals surface area contributed by atoms with Gasteiger partial charge in [-0.15, -0.1) is 10.2 Å². The Morgan fingerprint density at radius 3 is 2.29 bits per heavy atom. The summed E-state index contributed by atoms with van der Waals surface area (Å²) in [6, 6.07) is 12.2. The molecule has 1 N–H and O–H groups in total. The minimum Gasteiger partial charge on any atom is -0.259 e. The van der Waals surface area contributed by atoms with E-state index in [1.54, 1.807) is 0 Å². The lowest BCUT2D eigenvalue weighted by Crippen LogP contribution is -2.08. The van der Waals surface area contributed by atoms with Crippen molar-refractivity contribution in [3.63, 3.8) is 0 Å². The smallest absolute Gasteiger partial charge is 0.204 e. The van der Waals surface area contributed by atoms with Gasteiger partial charge in [0.25, 0.3) is 0 Å². The van der Waals surface area contributed by atoms with Crippen molar-refractivity contribution < 1.29 is 0 Å². The quantitative estimate of drug-likeness (QED) is 0.415. The summed E-state index contributed by atoms with van der Waals surface area (Å²) in [7, 11) is 0. The maximum Gasteiger partial charge on any atom is 0.204 e. The van der Waals surface area contributed by atoms with Gasteiger partial charge >= 0.3 is 0 Å². The fourth-order valence-corrected chi connectivity index (χ4v) is 3.45. The summed E-state index contributed by atoms with van der Waals surface area (Å²) in [5, 5.41) is 18.9. The molecular weight excluding hydrogens is 388 g/mol. The number of rotatable bonds is 10. The van der Waals surface area contributed by atoms with Crippen LogP contribution in [0.2, 0.25) is 0 Å². The molecule has 0 fully saturated rings. The third kappa shape index (κ3) is 5.20. The van der Waals surface area contributed by atoms with Gasteiger partial charge in [-0.3, -0.25) is 4.98 Å². The van der Waals surface area contributed by atoms with Gasteiger partial charge in [0.05, 0.1) is 12.2 Å². The maximum atomic E-state index is 4.78. The molecule has 8 heteroatoms. The normalized spacial score (nSPS) is 11.2. The first-order valence-corrected chi connectivity index (χ1v) is 11.0. The lowest BCUT2D eigenvalue weighted by Gasteiger charge is -2.07. The summed E-state index contributed by atoms with van der Waals surface area (Å²) < 4.78 is 2.03. The molecule has 0 atom stereocenters. The second-order valence-electron chi connectivity index (χ2n) is 7.66. The first-order chi connectivity index (χ1) is 15.3. The molecule has 0 aliphatic heterocycles. The molecule has 0 unspecified atom stereocenters. The molecule has 0 amide bonds. The van der Waals surface area contributed by atoms with Crippen LogP contribution in [0.5, 0.6) is 0 Å². The van der Waals surface area contributed by atoms with Gasteiger partial charge in [-0.05, 0) is 29.7 Å². The monoisotopic (exact) mass is 416 g/mol. The van der Waals surface area contributed by atoms with E-state index in [1.807, 2.05) is 35.1 Å². The zero-order chi connectivity index (χ0) is 21.5. The Hall–Kier alpha value is -3.42. The fourth-order valence-electron chi connectivity index (χ4n) is 3.45. The van der Waals surface area contributed by atoms with Gasteiger partial charge in [-0.1, -0.05) is 57.0 Å². The molecule has 0 saturated heterocycles. The Balaban J connectivity index is 1.47. The summed E-state index contributed by atoms with van der Waals surface area (Å²) in [5.41, 5.74) is 4.07. The van der Waals surface area contributed by atoms with Crippen LogP contribution in [0, 0.1) is 0 Å². The van der Waals surface area contributed by atoms with E-state index in [9.17, 15) is 0 Å². The number of H-pyrrole nitrogens is 1. The second-order valence-corrected chi connectivity index (χ2v) is 7.66. The lowest BCUT2D eigenvalue weighted by atomic mass is 10.1. The van der Waals surface area contributed by atoms with E-state index in [0.717, 1.165) is 72.6 Å². The predicted octanol–water partition coefficient (Wildman–Crippen LogP) is 4.25. The molecule has 3 aromatic heterocycles. The van der Waals surface area contributed by atoms with Crippen LogP contribution in [-0.2, 0) is 19.4 Å². The zero-order valence-corrected chi connectivity index (χ0v) is 18.1. The average Bonchev–Trinajstić information content (AvgIpc) is 3.47. The van der Waals surface area contributed by atoms with Crippen molar-refractivity contribution in [2.75, 3.05) is 0 Å². The number of unbranched alkanes of at least 4 members (excludes halogenated alkanes) is 2. The van der Waals surface area contributed by atoms with Crippen LogP contribution in [-0.4, -0.2) is 40.4 Å². The summed E-state index contributed by atoms with van der Waals surface area (Å²) in [6.07, 6.45) is 8.36. The highest BCUT2D eigenvalue weighted by molar-refractivity contribution is 5.66. The van der Waals surface area contributed by atoms with Crippen molar-refractivity contribution in [3.05, 3.63) is 59.9 Å². The molecule has 31 heavy (non-hydrogen) atoms. The number of pyridine rings is 1. The Kier molecular flexibility index (Phi) is 6.76. The topological polar surface area (TPSA) is 98.1 Å². The number of aromatic amines is 1. The number of aryl methyl sites for hydroxylation is 2. The highest BCUT2D eigenvalue weighted by atomic mass is 15.5. The third-order valence-electron chi connectivity index (χ3n) is 5.26. The maximum absolute atomic E-state index is 4.78. The molecule has 3 heterocycles. The highest BCUT2D eigenvalue weighted by Gasteiger charge is 2.11. The molecule has 8 nitrogen and oxygen atoms in total. The van der Waals surface area contributed by atoms with Crippen molar-refractivity contribution in [1.29, 1.82) is 0 Å². The Bertz CT molecular complexity index is 1070. The lowest BCUT2D eigenvalue weighted by molar-refractivity contribution is 0.604. The molecule has 1 aromatic carbocycles. The van der Waals surface area contributed by atoms with E-state index >= 15 is 0 Å². The molecule has 4 aromatic rings. The van der Waals surface area contributed by atoms with Crippen molar-refractivity contribution >= 4 is 0 Å². The van der Waals surface area contributed by atoms with E-state index in [0.29, 0.717) is 12.4 Å². The summed E-state index contributed by atoms with van der Waals surface area (Å²) in [5.74, 6) is 2.60. The average molecular weight is 417 g/mol. The molecule has 4 rings (SSSR count). The predicted molar refractivity (Wildman–Crippen MR) is 119 cm³/mol. The second kappa shape index (κ2) is 10.1. The molecule has 0 bridgehead atoms. The minimum atomic E-state index is 0.588. The summed E-state index contributed by atoms with van der Waals surface area (Å²) >= 11 is 0. The van der Waals surface area contributed by atoms with E-state index in [-0.39, 0.29) is 0 Å². The highest BCUT2D eigenvalue weighted by Crippen LogP contribution is 2.22. The van der Waals surface area contributed by atoms with Crippen LogP contribution >= 0.6 is 0 Å². The SMILES string of the molecule is CCCCc1nc(CCCC)n(Cc2ccc(-c3ccc(-c4nn[nH]n4)cc3)cn2)n1. The third-order valence-corrected chi connectivity index (χ3v) is 5.26. The molecule has 0 aliphatic rings. The van der Waals surface area contributed by atoms with Crippen LogP contribution in [0.4, 0.5) is 0 Å². The standard InChI is InChI=1S/C23H28N8/c1-3-5-7-21-25-22(8-6-4-2)31(28-21)16-20-14-13-19(15-24-20)17-9-11-18(12-10-17)23-26-29-30-27-23/h9-15H,3-8,16H2,1-2H3,(H,26,27,29,30). The van der Waals surface area contributed by atoms with Gasteiger partial charge in [0.15, 0.2) is 5.82 Å². The number of tetrazole rings is 1. The van der Waals surface area contributed by atoms with E-state index < -0.39 is 0 Å². The molecule has 0 aliphatic carbocycles. The minimum absolute atomic E-state index is 0.588. The van der Waals surface area contributed by atoms with Crippen molar-refractivity contribution in [3.8, 4) is 22.5 Å². The van der Waals surface area contributed by atoms with Gasteiger partial charge in [0.2, 0.25) is 5.82 Å². The van der Waals surface area contributed by atoms with E-state index in [4.69, 9.17) is 10.1 Å². The number of benzene rings is 1. The fraction of sp³-hybridized carbons (Fsp3) is 0.391. The Morgan fingerprint density at radius 1 is 0.871 bits per heavy atom. The molecule has 160 valence electrons. The van der Waals surface area contributed by atoms with Gasteiger partial charge in [0, 0.05) is 30.2 Å².